The zero-order valence-electron chi connectivity index (χ0n) is 12.7. The molecule has 2 aliphatic rings. The lowest BCUT2D eigenvalue weighted by molar-refractivity contribution is 0.123. The predicted octanol–water partition coefficient (Wildman–Crippen LogP) is 2.28. The van der Waals surface area contributed by atoms with Gasteiger partial charge in [0, 0.05) is 32.6 Å². The molecular weight excluding hydrogens is 264 g/mol. The molecule has 0 saturated carbocycles. The van der Waals surface area contributed by atoms with Crippen LogP contribution in [0.1, 0.15) is 25.3 Å². The molecule has 0 radical (unpaired) electrons. The Labute approximate surface area is 126 Å². The van der Waals surface area contributed by atoms with E-state index in [1.807, 2.05) is 18.2 Å². The van der Waals surface area contributed by atoms with Gasteiger partial charge in [0.05, 0.1) is 12.2 Å². The molecule has 4 nitrogen and oxygen atoms in total. The molecule has 1 atom stereocenters. The molecule has 0 aliphatic carbocycles. The van der Waals surface area contributed by atoms with Gasteiger partial charge in [0.1, 0.15) is 17.1 Å². The third-order valence-corrected chi connectivity index (χ3v) is 4.14. The molecule has 21 heavy (non-hydrogen) atoms. The average molecular weight is 288 g/mol. The molecule has 1 saturated heterocycles. The number of nitrogens with two attached hydrogens (primary N) is 1. The SMILES string of the molecule is CCCOc1cccc2c1C=CC1(CCN(CCN)C1)O2. The van der Waals surface area contributed by atoms with E-state index in [0.29, 0.717) is 6.54 Å². The summed E-state index contributed by atoms with van der Waals surface area (Å²) in [6.07, 6.45) is 6.38. The fraction of sp³-hybridized carbons (Fsp3) is 0.529. The monoisotopic (exact) mass is 288 g/mol. The van der Waals surface area contributed by atoms with Crippen LogP contribution < -0.4 is 15.2 Å². The Hall–Kier alpha value is -1.52. The Balaban J connectivity index is 1.79. The molecule has 0 bridgehead atoms. The minimum atomic E-state index is -0.189. The number of hydrogen-bond donors (Lipinski definition) is 1. The van der Waals surface area contributed by atoms with Crippen molar-refractivity contribution < 1.29 is 9.47 Å². The molecule has 1 aromatic carbocycles. The van der Waals surface area contributed by atoms with Crippen LogP contribution in [0, 0.1) is 0 Å². The minimum absolute atomic E-state index is 0.189. The summed E-state index contributed by atoms with van der Waals surface area (Å²) < 4.78 is 12.1. The number of nitrogens with zero attached hydrogens (tertiary/aromatic N) is 1. The first-order chi connectivity index (χ1) is 10.3. The van der Waals surface area contributed by atoms with E-state index in [-0.39, 0.29) is 5.60 Å². The Morgan fingerprint density at radius 3 is 3.14 bits per heavy atom. The van der Waals surface area contributed by atoms with Crippen molar-refractivity contribution in [2.24, 2.45) is 5.73 Å². The second-order valence-electron chi connectivity index (χ2n) is 5.83. The Morgan fingerprint density at radius 2 is 2.33 bits per heavy atom. The minimum Gasteiger partial charge on any atom is -0.493 e. The molecule has 1 unspecified atom stereocenters. The molecule has 1 spiro atoms. The summed E-state index contributed by atoms with van der Waals surface area (Å²) in [4.78, 5) is 2.37. The van der Waals surface area contributed by atoms with Gasteiger partial charge < -0.3 is 15.2 Å². The number of rotatable bonds is 5. The topological polar surface area (TPSA) is 47.7 Å². The van der Waals surface area contributed by atoms with Crippen LogP contribution in [-0.4, -0.2) is 43.3 Å². The molecule has 1 fully saturated rings. The van der Waals surface area contributed by atoms with E-state index in [9.17, 15) is 0 Å². The number of hydrogen-bond acceptors (Lipinski definition) is 4. The molecular formula is C17H24N2O2. The van der Waals surface area contributed by atoms with E-state index in [4.69, 9.17) is 15.2 Å². The third-order valence-electron chi connectivity index (χ3n) is 4.14. The first kappa shape index (κ1) is 14.4. The fourth-order valence-electron chi connectivity index (χ4n) is 3.08. The fourth-order valence-corrected chi connectivity index (χ4v) is 3.08. The molecule has 2 N–H and O–H groups in total. The highest BCUT2D eigenvalue weighted by Crippen LogP contribution is 2.40. The van der Waals surface area contributed by atoms with Crippen LogP contribution in [0.5, 0.6) is 11.5 Å². The quantitative estimate of drug-likeness (QED) is 0.903. The van der Waals surface area contributed by atoms with Crippen molar-refractivity contribution in [1.29, 1.82) is 0 Å². The van der Waals surface area contributed by atoms with Gasteiger partial charge in [-0.25, -0.2) is 0 Å². The standard InChI is InChI=1S/C17H24N2O2/c1-2-12-20-15-4-3-5-16-14(15)6-7-17(21-16)8-10-19(13-17)11-9-18/h3-7H,2,8-13,18H2,1H3. The van der Waals surface area contributed by atoms with E-state index in [0.717, 1.165) is 56.1 Å². The molecule has 3 rings (SSSR count). The van der Waals surface area contributed by atoms with Gasteiger partial charge in [-0.1, -0.05) is 13.0 Å². The highest BCUT2D eigenvalue weighted by molar-refractivity contribution is 5.67. The summed E-state index contributed by atoms with van der Waals surface area (Å²) >= 11 is 0. The Morgan fingerprint density at radius 1 is 1.43 bits per heavy atom. The maximum Gasteiger partial charge on any atom is 0.141 e. The highest BCUT2D eigenvalue weighted by atomic mass is 16.5. The summed E-state index contributed by atoms with van der Waals surface area (Å²) in [5, 5.41) is 0. The van der Waals surface area contributed by atoms with Crippen molar-refractivity contribution in [3.8, 4) is 11.5 Å². The van der Waals surface area contributed by atoms with Crippen LogP contribution in [0.4, 0.5) is 0 Å². The molecule has 2 heterocycles. The summed E-state index contributed by atoms with van der Waals surface area (Å²) in [5.41, 5.74) is 6.53. The van der Waals surface area contributed by atoms with Crippen molar-refractivity contribution in [1.82, 2.24) is 4.90 Å². The molecule has 1 aromatic rings. The average Bonchev–Trinajstić information content (AvgIpc) is 2.87. The van der Waals surface area contributed by atoms with E-state index >= 15 is 0 Å². The van der Waals surface area contributed by atoms with Crippen molar-refractivity contribution in [2.75, 3.05) is 32.8 Å². The van der Waals surface area contributed by atoms with Crippen LogP contribution in [0.3, 0.4) is 0 Å². The number of benzene rings is 1. The summed E-state index contributed by atoms with van der Waals surface area (Å²) in [5.74, 6) is 1.85. The van der Waals surface area contributed by atoms with Gasteiger partial charge >= 0.3 is 0 Å². The predicted molar refractivity (Wildman–Crippen MR) is 84.7 cm³/mol. The number of likely N-dealkylation sites (tertiary alicyclic amines) is 1. The largest absolute Gasteiger partial charge is 0.493 e. The van der Waals surface area contributed by atoms with Crippen molar-refractivity contribution >= 4 is 6.08 Å². The lowest BCUT2D eigenvalue weighted by Gasteiger charge is -2.32. The second kappa shape index (κ2) is 6.08. The smallest absolute Gasteiger partial charge is 0.141 e. The van der Waals surface area contributed by atoms with Crippen molar-refractivity contribution in [2.45, 2.75) is 25.4 Å². The van der Waals surface area contributed by atoms with E-state index in [1.165, 1.54) is 0 Å². The summed E-state index contributed by atoms with van der Waals surface area (Å²) in [6.45, 7) is 6.45. The summed E-state index contributed by atoms with van der Waals surface area (Å²) in [7, 11) is 0. The van der Waals surface area contributed by atoms with Crippen LogP contribution in [0.15, 0.2) is 24.3 Å². The second-order valence-corrected chi connectivity index (χ2v) is 5.83. The Bertz CT molecular complexity index is 530. The first-order valence-corrected chi connectivity index (χ1v) is 7.83. The normalized spacial score (nSPS) is 24.1. The molecule has 4 heteroatoms. The molecule has 0 amide bonds. The van der Waals surface area contributed by atoms with Gasteiger partial charge in [0.2, 0.25) is 0 Å². The van der Waals surface area contributed by atoms with Crippen LogP contribution in [-0.2, 0) is 0 Å². The van der Waals surface area contributed by atoms with Gasteiger partial charge in [-0.3, -0.25) is 4.90 Å². The van der Waals surface area contributed by atoms with Crippen molar-refractivity contribution in [3.63, 3.8) is 0 Å². The van der Waals surface area contributed by atoms with Gasteiger partial charge in [-0.2, -0.15) is 0 Å². The lowest BCUT2D eigenvalue weighted by Crippen LogP contribution is -2.39. The van der Waals surface area contributed by atoms with E-state index in [2.05, 4.69) is 24.0 Å². The highest BCUT2D eigenvalue weighted by Gasteiger charge is 2.40. The van der Waals surface area contributed by atoms with Crippen LogP contribution >= 0.6 is 0 Å². The molecule has 2 aliphatic heterocycles. The van der Waals surface area contributed by atoms with Gasteiger partial charge in [-0.15, -0.1) is 0 Å². The van der Waals surface area contributed by atoms with Gasteiger partial charge in [0.15, 0.2) is 0 Å². The zero-order chi connectivity index (χ0) is 14.7. The van der Waals surface area contributed by atoms with Crippen LogP contribution in [0.25, 0.3) is 6.08 Å². The van der Waals surface area contributed by atoms with Gasteiger partial charge in [-0.05, 0) is 30.7 Å². The van der Waals surface area contributed by atoms with Crippen molar-refractivity contribution in [3.05, 3.63) is 29.8 Å². The maximum atomic E-state index is 6.33. The van der Waals surface area contributed by atoms with Crippen LogP contribution in [0.2, 0.25) is 0 Å². The van der Waals surface area contributed by atoms with E-state index in [1.54, 1.807) is 0 Å². The first-order valence-electron chi connectivity index (χ1n) is 7.83. The van der Waals surface area contributed by atoms with E-state index < -0.39 is 0 Å². The Kier molecular flexibility index (Phi) is 4.17. The number of ether oxygens (including phenoxy) is 2. The van der Waals surface area contributed by atoms with Gasteiger partial charge in [0.25, 0.3) is 0 Å². The maximum absolute atomic E-state index is 6.33. The lowest BCUT2D eigenvalue weighted by atomic mass is 9.97. The molecule has 0 aromatic heterocycles. The summed E-state index contributed by atoms with van der Waals surface area (Å²) in [6, 6.07) is 6.05. The molecule has 114 valence electrons. The third kappa shape index (κ3) is 2.92. The zero-order valence-corrected chi connectivity index (χ0v) is 12.7. The number of fused-ring (bicyclic) bond motifs is 1.